The largest absolute Gasteiger partial charge is 0.373 e. The topological polar surface area (TPSA) is 47.0 Å². The average Bonchev–Trinajstić information content (AvgIpc) is 2.53. The Hall–Kier alpha value is -1.94. The number of rotatable bonds is 4. The van der Waals surface area contributed by atoms with Gasteiger partial charge in [0.15, 0.2) is 0 Å². The minimum atomic E-state index is 0.173. The molecule has 1 aromatic carbocycles. The van der Waals surface area contributed by atoms with Gasteiger partial charge in [0.05, 0.1) is 6.10 Å². The van der Waals surface area contributed by atoms with E-state index in [0.717, 1.165) is 36.9 Å². The second kappa shape index (κ2) is 6.88. The molecule has 0 radical (unpaired) electrons. The zero-order valence-electron chi connectivity index (χ0n) is 13.2. The molecule has 3 rings (SSSR count). The summed E-state index contributed by atoms with van der Waals surface area (Å²) in [5, 5.41) is 3.46. The monoisotopic (exact) mass is 297 g/mol. The van der Waals surface area contributed by atoms with Gasteiger partial charge in [-0.15, -0.1) is 0 Å². The van der Waals surface area contributed by atoms with Crippen molar-refractivity contribution in [1.82, 2.24) is 9.97 Å². The van der Waals surface area contributed by atoms with Crippen LogP contribution in [0.3, 0.4) is 0 Å². The van der Waals surface area contributed by atoms with Gasteiger partial charge in [-0.25, -0.2) is 9.97 Å². The Morgan fingerprint density at radius 3 is 2.77 bits per heavy atom. The lowest BCUT2D eigenvalue weighted by Gasteiger charge is -2.32. The molecule has 2 heterocycles. The summed E-state index contributed by atoms with van der Waals surface area (Å²) in [7, 11) is 0. The summed E-state index contributed by atoms with van der Waals surface area (Å²) in [6.07, 6.45) is 2.47. The first-order valence-corrected chi connectivity index (χ1v) is 7.95. The smallest absolute Gasteiger partial charge is 0.129 e. The van der Waals surface area contributed by atoms with Crippen LogP contribution < -0.4 is 5.32 Å². The van der Waals surface area contributed by atoms with Crippen LogP contribution in [0.4, 0.5) is 5.82 Å². The highest BCUT2D eigenvalue weighted by molar-refractivity contribution is 5.36. The van der Waals surface area contributed by atoms with E-state index in [4.69, 9.17) is 4.74 Å². The Bertz CT molecular complexity index is 595. The molecule has 0 amide bonds. The van der Waals surface area contributed by atoms with Gasteiger partial charge >= 0.3 is 0 Å². The third-order valence-corrected chi connectivity index (χ3v) is 4.08. The lowest BCUT2D eigenvalue weighted by Crippen LogP contribution is -2.28. The van der Waals surface area contributed by atoms with Crippen molar-refractivity contribution in [2.24, 2.45) is 5.92 Å². The van der Waals surface area contributed by atoms with Crippen molar-refractivity contribution in [3.63, 3.8) is 0 Å². The Kier molecular flexibility index (Phi) is 4.68. The van der Waals surface area contributed by atoms with Gasteiger partial charge in [0.25, 0.3) is 0 Å². The highest BCUT2D eigenvalue weighted by atomic mass is 16.5. The molecule has 4 nitrogen and oxygen atoms in total. The molecule has 0 spiro atoms. The minimum absolute atomic E-state index is 0.173. The van der Waals surface area contributed by atoms with Crippen molar-refractivity contribution < 1.29 is 4.74 Å². The van der Waals surface area contributed by atoms with Crippen molar-refractivity contribution in [3.05, 3.63) is 53.5 Å². The number of hydrogen-bond donors (Lipinski definition) is 1. The highest BCUT2D eigenvalue weighted by Gasteiger charge is 2.27. The van der Waals surface area contributed by atoms with Crippen molar-refractivity contribution in [2.45, 2.75) is 32.8 Å². The first-order valence-electron chi connectivity index (χ1n) is 7.95. The van der Waals surface area contributed by atoms with Crippen LogP contribution in [0.25, 0.3) is 0 Å². The predicted octanol–water partition coefficient (Wildman–Crippen LogP) is 3.67. The summed E-state index contributed by atoms with van der Waals surface area (Å²) < 4.78 is 6.04. The maximum atomic E-state index is 6.04. The van der Waals surface area contributed by atoms with Gasteiger partial charge < -0.3 is 10.1 Å². The molecule has 0 bridgehead atoms. The van der Waals surface area contributed by atoms with E-state index in [1.165, 1.54) is 12.0 Å². The molecule has 2 aromatic rings. The second-order valence-corrected chi connectivity index (χ2v) is 5.93. The molecule has 0 saturated carbocycles. The lowest BCUT2D eigenvalue weighted by atomic mass is 9.89. The second-order valence-electron chi connectivity index (χ2n) is 5.93. The first kappa shape index (κ1) is 15.0. The molecule has 2 unspecified atom stereocenters. The molecule has 1 N–H and O–H groups in total. The van der Waals surface area contributed by atoms with E-state index in [1.54, 1.807) is 0 Å². The number of aromatic nitrogens is 2. The predicted molar refractivity (Wildman–Crippen MR) is 87.9 cm³/mol. The number of benzene rings is 1. The number of aryl methyl sites for hydroxylation is 2. The maximum Gasteiger partial charge on any atom is 0.129 e. The molecule has 116 valence electrons. The SMILES string of the molecule is Cc1cc(NCC2CCCOC2c2ccccc2)nc(C)n1. The van der Waals surface area contributed by atoms with Gasteiger partial charge in [0.2, 0.25) is 0 Å². The van der Waals surface area contributed by atoms with Crippen molar-refractivity contribution >= 4 is 5.82 Å². The van der Waals surface area contributed by atoms with E-state index >= 15 is 0 Å². The van der Waals surface area contributed by atoms with Crippen molar-refractivity contribution in [2.75, 3.05) is 18.5 Å². The summed E-state index contributed by atoms with van der Waals surface area (Å²) in [6, 6.07) is 12.5. The molecule has 1 saturated heterocycles. The van der Waals surface area contributed by atoms with Gasteiger partial charge in [-0.05, 0) is 32.3 Å². The van der Waals surface area contributed by atoms with E-state index in [1.807, 2.05) is 26.0 Å². The van der Waals surface area contributed by atoms with Crippen LogP contribution in [0.5, 0.6) is 0 Å². The molecule has 1 fully saturated rings. The van der Waals surface area contributed by atoms with E-state index in [0.29, 0.717) is 5.92 Å². The molecular weight excluding hydrogens is 274 g/mol. The van der Waals surface area contributed by atoms with Crippen LogP contribution in [-0.2, 0) is 4.74 Å². The summed E-state index contributed by atoms with van der Waals surface area (Å²) >= 11 is 0. The number of nitrogens with zero attached hydrogens (tertiary/aromatic N) is 2. The van der Waals surface area contributed by atoms with Crippen molar-refractivity contribution in [3.8, 4) is 0 Å². The Morgan fingerprint density at radius 1 is 1.18 bits per heavy atom. The normalized spacial score (nSPS) is 21.5. The summed E-state index contributed by atoms with van der Waals surface area (Å²) in [6.45, 7) is 5.64. The van der Waals surface area contributed by atoms with E-state index < -0.39 is 0 Å². The van der Waals surface area contributed by atoms with E-state index in [-0.39, 0.29) is 6.10 Å². The maximum absolute atomic E-state index is 6.04. The van der Waals surface area contributed by atoms with E-state index in [2.05, 4.69) is 39.6 Å². The van der Waals surface area contributed by atoms with Crippen LogP contribution in [0.15, 0.2) is 36.4 Å². The summed E-state index contributed by atoms with van der Waals surface area (Å²) in [5.41, 5.74) is 2.26. The van der Waals surface area contributed by atoms with Crippen LogP contribution >= 0.6 is 0 Å². The molecule has 2 atom stereocenters. The summed E-state index contributed by atoms with van der Waals surface area (Å²) in [4.78, 5) is 8.77. The molecule has 1 aliphatic rings. The van der Waals surface area contributed by atoms with Crippen LogP contribution in [0, 0.1) is 19.8 Å². The Labute approximate surface area is 132 Å². The number of nitrogens with one attached hydrogen (secondary N) is 1. The number of ether oxygens (including phenoxy) is 1. The fourth-order valence-corrected chi connectivity index (χ4v) is 3.11. The van der Waals surface area contributed by atoms with Gasteiger partial charge in [-0.2, -0.15) is 0 Å². The number of anilines is 1. The van der Waals surface area contributed by atoms with Crippen LogP contribution in [-0.4, -0.2) is 23.1 Å². The van der Waals surface area contributed by atoms with Crippen LogP contribution in [0.2, 0.25) is 0 Å². The zero-order chi connectivity index (χ0) is 15.4. The Balaban J connectivity index is 1.69. The molecular formula is C18H23N3O. The average molecular weight is 297 g/mol. The minimum Gasteiger partial charge on any atom is -0.373 e. The summed E-state index contributed by atoms with van der Waals surface area (Å²) in [5.74, 6) is 2.18. The zero-order valence-corrected chi connectivity index (χ0v) is 13.2. The molecule has 1 aromatic heterocycles. The molecule has 1 aliphatic heterocycles. The fourth-order valence-electron chi connectivity index (χ4n) is 3.11. The van der Waals surface area contributed by atoms with Crippen molar-refractivity contribution in [1.29, 1.82) is 0 Å². The third-order valence-electron chi connectivity index (χ3n) is 4.08. The Morgan fingerprint density at radius 2 is 2.00 bits per heavy atom. The van der Waals surface area contributed by atoms with Gasteiger partial charge in [0, 0.05) is 30.8 Å². The molecule has 22 heavy (non-hydrogen) atoms. The van der Waals surface area contributed by atoms with Gasteiger partial charge in [-0.3, -0.25) is 0 Å². The first-order chi connectivity index (χ1) is 10.7. The van der Waals surface area contributed by atoms with Gasteiger partial charge in [-0.1, -0.05) is 30.3 Å². The van der Waals surface area contributed by atoms with Crippen LogP contribution in [0.1, 0.15) is 36.0 Å². The standard InChI is InChI=1S/C18H23N3O/c1-13-11-17(21-14(2)20-13)19-12-16-9-6-10-22-18(16)15-7-4-3-5-8-15/h3-5,7-8,11,16,18H,6,9-10,12H2,1-2H3,(H,19,20,21). The third kappa shape index (κ3) is 3.63. The fraction of sp³-hybridized carbons (Fsp3) is 0.444. The lowest BCUT2D eigenvalue weighted by molar-refractivity contribution is -0.0238. The molecule has 0 aliphatic carbocycles. The van der Waals surface area contributed by atoms with Gasteiger partial charge in [0.1, 0.15) is 11.6 Å². The number of hydrogen-bond acceptors (Lipinski definition) is 4. The molecule has 4 heteroatoms. The van der Waals surface area contributed by atoms with E-state index in [9.17, 15) is 0 Å². The highest BCUT2D eigenvalue weighted by Crippen LogP contribution is 2.33. The quantitative estimate of drug-likeness (QED) is 0.935.